The highest BCUT2D eigenvalue weighted by Gasteiger charge is 2.08. The van der Waals surface area contributed by atoms with Crippen LogP contribution in [0.2, 0.25) is 0 Å². The van der Waals surface area contributed by atoms with Crippen molar-refractivity contribution in [3.05, 3.63) is 34.1 Å². The molecule has 5 heteroatoms. The second kappa shape index (κ2) is 5.96. The lowest BCUT2D eigenvalue weighted by molar-refractivity contribution is -0.128. The molecule has 0 radical (unpaired) electrons. The molecular formula is C11H14BrFN2O. The number of carbonyl (C=O) groups excluding carboxylic acids is 1. The topological polar surface area (TPSA) is 46.3 Å². The molecule has 16 heavy (non-hydrogen) atoms. The van der Waals surface area contributed by atoms with Gasteiger partial charge in [-0.15, -0.1) is 0 Å². The first-order valence-electron chi connectivity index (χ1n) is 4.92. The molecule has 0 saturated heterocycles. The summed E-state index contributed by atoms with van der Waals surface area (Å²) in [6.07, 6.45) is 0.480. The molecule has 0 saturated carbocycles. The second-order valence-electron chi connectivity index (χ2n) is 3.51. The fourth-order valence-corrected chi connectivity index (χ4v) is 1.71. The minimum Gasteiger partial charge on any atom is -0.344 e. The van der Waals surface area contributed by atoms with Gasteiger partial charge in [-0.25, -0.2) is 4.39 Å². The third-order valence-electron chi connectivity index (χ3n) is 2.32. The van der Waals surface area contributed by atoms with Crippen LogP contribution in [0.15, 0.2) is 22.7 Å². The lowest BCUT2D eigenvalue weighted by atomic mass is 10.1. The van der Waals surface area contributed by atoms with E-state index in [1.54, 1.807) is 19.2 Å². The number of halogens is 2. The van der Waals surface area contributed by atoms with Crippen LogP contribution in [-0.2, 0) is 11.2 Å². The second-order valence-corrected chi connectivity index (χ2v) is 4.42. The number of hydrogen-bond acceptors (Lipinski definition) is 2. The van der Waals surface area contributed by atoms with Crippen LogP contribution in [0.3, 0.4) is 0 Å². The van der Waals surface area contributed by atoms with Gasteiger partial charge >= 0.3 is 0 Å². The summed E-state index contributed by atoms with van der Waals surface area (Å²) in [5, 5.41) is 0. The van der Waals surface area contributed by atoms with Gasteiger partial charge < -0.3 is 10.6 Å². The highest BCUT2D eigenvalue weighted by molar-refractivity contribution is 9.10. The summed E-state index contributed by atoms with van der Waals surface area (Å²) in [6, 6.07) is 4.77. The van der Waals surface area contributed by atoms with Gasteiger partial charge in [0.2, 0.25) is 5.91 Å². The maximum Gasteiger partial charge on any atom is 0.236 e. The van der Waals surface area contributed by atoms with E-state index in [0.717, 1.165) is 4.47 Å². The highest BCUT2D eigenvalue weighted by Crippen LogP contribution is 2.16. The Morgan fingerprint density at radius 2 is 2.25 bits per heavy atom. The first-order chi connectivity index (χ1) is 7.54. The van der Waals surface area contributed by atoms with Crippen molar-refractivity contribution < 1.29 is 9.18 Å². The third kappa shape index (κ3) is 3.57. The van der Waals surface area contributed by atoms with E-state index in [1.807, 2.05) is 0 Å². The summed E-state index contributed by atoms with van der Waals surface area (Å²) in [7, 11) is 1.66. The molecule has 0 bridgehead atoms. The van der Waals surface area contributed by atoms with Crippen LogP contribution >= 0.6 is 15.9 Å². The summed E-state index contributed by atoms with van der Waals surface area (Å²) in [5.74, 6) is -0.396. The van der Waals surface area contributed by atoms with Crippen LogP contribution in [0.25, 0.3) is 0 Å². The number of amides is 1. The predicted octanol–water partition coefficient (Wildman–Crippen LogP) is 1.55. The number of benzene rings is 1. The Balaban J connectivity index is 2.60. The zero-order valence-corrected chi connectivity index (χ0v) is 10.6. The van der Waals surface area contributed by atoms with Gasteiger partial charge in [-0.05, 0) is 30.2 Å². The molecule has 0 unspecified atom stereocenters. The summed E-state index contributed by atoms with van der Waals surface area (Å²) < 4.78 is 14.2. The number of rotatable bonds is 4. The number of hydrogen-bond donors (Lipinski definition) is 1. The van der Waals surface area contributed by atoms with Crippen LogP contribution in [0.5, 0.6) is 0 Å². The molecule has 1 rings (SSSR count). The predicted molar refractivity (Wildman–Crippen MR) is 64.5 cm³/mol. The van der Waals surface area contributed by atoms with Crippen molar-refractivity contribution in [3.63, 3.8) is 0 Å². The minimum atomic E-state index is -0.253. The van der Waals surface area contributed by atoms with E-state index in [-0.39, 0.29) is 18.3 Å². The third-order valence-corrected chi connectivity index (χ3v) is 2.82. The highest BCUT2D eigenvalue weighted by atomic mass is 79.9. The van der Waals surface area contributed by atoms with Gasteiger partial charge in [0.15, 0.2) is 0 Å². The quantitative estimate of drug-likeness (QED) is 0.914. The van der Waals surface area contributed by atoms with Gasteiger partial charge in [-0.2, -0.15) is 0 Å². The van der Waals surface area contributed by atoms with Crippen molar-refractivity contribution in [2.45, 2.75) is 6.42 Å². The van der Waals surface area contributed by atoms with E-state index < -0.39 is 0 Å². The minimum absolute atomic E-state index is 0.0164. The average molecular weight is 289 g/mol. The maximum atomic E-state index is 13.4. The zero-order valence-electron chi connectivity index (χ0n) is 9.04. The Bertz CT molecular complexity index is 384. The number of nitrogens with zero attached hydrogens (tertiary/aromatic N) is 1. The van der Waals surface area contributed by atoms with E-state index >= 15 is 0 Å². The maximum absolute atomic E-state index is 13.4. The molecule has 88 valence electrons. The SMILES string of the molecule is CN(CCc1cc(Br)ccc1F)C(=O)CN. The van der Waals surface area contributed by atoms with Crippen molar-refractivity contribution in [1.82, 2.24) is 4.90 Å². The summed E-state index contributed by atoms with van der Waals surface area (Å²) in [5.41, 5.74) is 5.81. The molecule has 1 amide bonds. The fraction of sp³-hybridized carbons (Fsp3) is 0.364. The largest absolute Gasteiger partial charge is 0.344 e. The molecule has 0 fully saturated rings. The lowest BCUT2D eigenvalue weighted by Crippen LogP contribution is -2.34. The van der Waals surface area contributed by atoms with E-state index in [1.165, 1.54) is 11.0 Å². The van der Waals surface area contributed by atoms with Crippen molar-refractivity contribution in [2.75, 3.05) is 20.1 Å². The van der Waals surface area contributed by atoms with Gasteiger partial charge in [0, 0.05) is 18.1 Å². The molecule has 1 aromatic carbocycles. The van der Waals surface area contributed by atoms with Gasteiger partial charge in [-0.1, -0.05) is 15.9 Å². The molecule has 0 heterocycles. The first-order valence-corrected chi connectivity index (χ1v) is 5.72. The molecular weight excluding hydrogens is 275 g/mol. The first kappa shape index (κ1) is 13.1. The summed E-state index contributed by atoms with van der Waals surface area (Å²) in [6.45, 7) is 0.445. The van der Waals surface area contributed by atoms with Crippen LogP contribution in [0.4, 0.5) is 4.39 Å². The Labute approximate surface area is 103 Å². The van der Waals surface area contributed by atoms with Crippen LogP contribution < -0.4 is 5.73 Å². The molecule has 0 spiro atoms. The monoisotopic (exact) mass is 288 g/mol. The molecule has 0 atom stereocenters. The smallest absolute Gasteiger partial charge is 0.236 e. The van der Waals surface area contributed by atoms with Gasteiger partial charge in [0.1, 0.15) is 5.82 Å². The van der Waals surface area contributed by atoms with Gasteiger partial charge in [0.05, 0.1) is 6.54 Å². The van der Waals surface area contributed by atoms with Crippen molar-refractivity contribution >= 4 is 21.8 Å². The standard InChI is InChI=1S/C11H14BrFN2O/c1-15(11(16)7-14)5-4-8-6-9(12)2-3-10(8)13/h2-3,6H,4-5,7,14H2,1H3. The van der Waals surface area contributed by atoms with Crippen molar-refractivity contribution in [3.8, 4) is 0 Å². The molecule has 0 aliphatic heterocycles. The van der Waals surface area contributed by atoms with Crippen LogP contribution in [-0.4, -0.2) is 30.9 Å². The molecule has 3 nitrogen and oxygen atoms in total. The van der Waals surface area contributed by atoms with E-state index in [4.69, 9.17) is 5.73 Å². The Morgan fingerprint density at radius 1 is 1.56 bits per heavy atom. The number of carbonyl (C=O) groups is 1. The fourth-order valence-electron chi connectivity index (χ4n) is 1.30. The van der Waals surface area contributed by atoms with Crippen LogP contribution in [0, 0.1) is 5.82 Å². The van der Waals surface area contributed by atoms with Crippen molar-refractivity contribution in [1.29, 1.82) is 0 Å². The van der Waals surface area contributed by atoms with E-state index in [0.29, 0.717) is 18.5 Å². The summed E-state index contributed by atoms with van der Waals surface area (Å²) >= 11 is 3.28. The number of likely N-dealkylation sites (N-methyl/N-ethyl adjacent to an activating group) is 1. The number of nitrogens with two attached hydrogens (primary N) is 1. The zero-order chi connectivity index (χ0) is 12.1. The van der Waals surface area contributed by atoms with Crippen LogP contribution in [0.1, 0.15) is 5.56 Å². The molecule has 2 N–H and O–H groups in total. The Hall–Kier alpha value is -0.940. The molecule has 0 aliphatic rings. The van der Waals surface area contributed by atoms with Crippen molar-refractivity contribution in [2.24, 2.45) is 5.73 Å². The average Bonchev–Trinajstić information content (AvgIpc) is 2.28. The van der Waals surface area contributed by atoms with Gasteiger partial charge in [0.25, 0.3) is 0 Å². The lowest BCUT2D eigenvalue weighted by Gasteiger charge is -2.16. The Morgan fingerprint density at radius 3 is 2.88 bits per heavy atom. The molecule has 1 aromatic rings. The van der Waals surface area contributed by atoms with E-state index in [9.17, 15) is 9.18 Å². The normalized spacial score (nSPS) is 10.2. The Kier molecular flexibility index (Phi) is 4.89. The molecule has 0 aromatic heterocycles. The van der Waals surface area contributed by atoms with Gasteiger partial charge in [-0.3, -0.25) is 4.79 Å². The van der Waals surface area contributed by atoms with E-state index in [2.05, 4.69) is 15.9 Å². The molecule has 0 aliphatic carbocycles. The summed E-state index contributed by atoms with van der Waals surface area (Å²) in [4.78, 5) is 12.7.